The molecule has 0 aliphatic heterocycles. The molecule has 4 nitrogen and oxygen atoms in total. The van der Waals surface area contributed by atoms with Gasteiger partial charge < -0.3 is 9.32 Å². The number of nitriles is 1. The second-order valence-corrected chi connectivity index (χ2v) is 4.42. The molecule has 2 aromatic rings. The summed E-state index contributed by atoms with van der Waals surface area (Å²) < 4.78 is 5.38. The molecule has 1 aliphatic rings. The molecule has 0 radical (unpaired) electrons. The molecule has 18 heavy (non-hydrogen) atoms. The van der Waals surface area contributed by atoms with Gasteiger partial charge in [0.2, 0.25) is 0 Å². The summed E-state index contributed by atoms with van der Waals surface area (Å²) in [6, 6.07) is 10.1. The van der Waals surface area contributed by atoms with Crippen LogP contribution >= 0.6 is 0 Å². The van der Waals surface area contributed by atoms with Gasteiger partial charge in [0.05, 0.1) is 18.4 Å². The van der Waals surface area contributed by atoms with Gasteiger partial charge in [0.25, 0.3) is 0 Å². The van der Waals surface area contributed by atoms with E-state index in [4.69, 9.17) is 9.68 Å². The van der Waals surface area contributed by atoms with E-state index in [2.05, 4.69) is 16.0 Å². The Labute approximate surface area is 105 Å². The Morgan fingerprint density at radius 1 is 1.39 bits per heavy atom. The lowest BCUT2D eigenvalue weighted by molar-refractivity contribution is 0.500. The number of hydrogen-bond donors (Lipinski definition) is 0. The Morgan fingerprint density at radius 3 is 2.94 bits per heavy atom. The maximum Gasteiger partial charge on any atom is 0.147 e. The van der Waals surface area contributed by atoms with Crippen molar-refractivity contribution in [2.75, 3.05) is 4.90 Å². The van der Waals surface area contributed by atoms with Crippen LogP contribution in [0.25, 0.3) is 0 Å². The third-order valence-corrected chi connectivity index (χ3v) is 3.07. The normalized spacial score (nSPS) is 14.2. The van der Waals surface area contributed by atoms with Crippen LogP contribution in [0, 0.1) is 11.3 Å². The zero-order chi connectivity index (χ0) is 12.4. The lowest BCUT2D eigenvalue weighted by Gasteiger charge is -2.23. The van der Waals surface area contributed by atoms with Gasteiger partial charge in [0, 0.05) is 12.2 Å². The van der Waals surface area contributed by atoms with Crippen LogP contribution in [0.15, 0.2) is 41.1 Å². The molecule has 90 valence electrons. The monoisotopic (exact) mass is 239 g/mol. The summed E-state index contributed by atoms with van der Waals surface area (Å²) in [6.07, 6.45) is 5.71. The molecule has 0 amide bonds. The van der Waals surface area contributed by atoms with Gasteiger partial charge in [-0.1, -0.05) is 0 Å². The minimum absolute atomic E-state index is 0.483. The maximum atomic E-state index is 9.16. The van der Waals surface area contributed by atoms with Crippen LogP contribution in [-0.2, 0) is 6.54 Å². The molecule has 0 saturated heterocycles. The number of rotatable bonds is 4. The molecule has 4 heteroatoms. The minimum atomic E-state index is 0.483. The van der Waals surface area contributed by atoms with Crippen molar-refractivity contribution < 1.29 is 4.42 Å². The molecule has 1 aliphatic carbocycles. The van der Waals surface area contributed by atoms with Crippen LogP contribution < -0.4 is 4.90 Å². The first-order chi connectivity index (χ1) is 8.88. The second kappa shape index (κ2) is 4.53. The molecule has 0 N–H and O–H groups in total. The Hall–Kier alpha value is -2.28. The minimum Gasteiger partial charge on any atom is -0.467 e. The lowest BCUT2D eigenvalue weighted by atomic mass is 10.2. The van der Waals surface area contributed by atoms with E-state index in [0.717, 1.165) is 24.4 Å². The van der Waals surface area contributed by atoms with Crippen LogP contribution in [0.1, 0.15) is 24.2 Å². The fraction of sp³-hybridized carbons (Fsp3) is 0.286. The predicted molar refractivity (Wildman–Crippen MR) is 66.9 cm³/mol. The maximum absolute atomic E-state index is 9.16. The average molecular weight is 239 g/mol. The highest BCUT2D eigenvalue weighted by atomic mass is 16.3. The van der Waals surface area contributed by atoms with Gasteiger partial charge in [-0.05, 0) is 37.1 Å². The van der Waals surface area contributed by atoms with Crippen LogP contribution in [0.4, 0.5) is 5.82 Å². The molecule has 2 aromatic heterocycles. The van der Waals surface area contributed by atoms with E-state index in [0.29, 0.717) is 18.2 Å². The molecule has 0 bridgehead atoms. The Bertz CT molecular complexity index is 567. The van der Waals surface area contributed by atoms with Crippen molar-refractivity contribution in [2.24, 2.45) is 0 Å². The summed E-state index contributed by atoms with van der Waals surface area (Å²) in [5, 5.41) is 9.16. The molecular weight excluding hydrogens is 226 g/mol. The highest BCUT2D eigenvalue weighted by Crippen LogP contribution is 2.33. The second-order valence-electron chi connectivity index (χ2n) is 4.42. The smallest absolute Gasteiger partial charge is 0.147 e. The topological polar surface area (TPSA) is 53.1 Å². The van der Waals surface area contributed by atoms with Gasteiger partial charge in [-0.25, -0.2) is 4.98 Å². The number of furan rings is 1. The molecule has 1 saturated carbocycles. The zero-order valence-corrected chi connectivity index (χ0v) is 9.91. The summed E-state index contributed by atoms with van der Waals surface area (Å²) in [4.78, 5) is 6.52. The first-order valence-electron chi connectivity index (χ1n) is 6.02. The van der Waals surface area contributed by atoms with Gasteiger partial charge in [-0.3, -0.25) is 0 Å². The van der Waals surface area contributed by atoms with E-state index in [9.17, 15) is 0 Å². The average Bonchev–Trinajstić information content (AvgIpc) is 3.13. The Balaban J connectivity index is 1.92. The van der Waals surface area contributed by atoms with Gasteiger partial charge >= 0.3 is 0 Å². The lowest BCUT2D eigenvalue weighted by Crippen LogP contribution is -2.26. The number of nitrogens with zero attached hydrogens (tertiary/aromatic N) is 3. The van der Waals surface area contributed by atoms with Crippen LogP contribution in [-0.4, -0.2) is 11.0 Å². The van der Waals surface area contributed by atoms with E-state index >= 15 is 0 Å². The van der Waals surface area contributed by atoms with Crippen molar-refractivity contribution in [3.8, 4) is 6.07 Å². The fourth-order valence-corrected chi connectivity index (χ4v) is 2.05. The van der Waals surface area contributed by atoms with Crippen molar-refractivity contribution in [2.45, 2.75) is 25.4 Å². The van der Waals surface area contributed by atoms with Crippen LogP contribution in [0.2, 0.25) is 0 Å². The number of anilines is 1. The van der Waals surface area contributed by atoms with Gasteiger partial charge in [0.15, 0.2) is 0 Å². The summed E-state index contributed by atoms with van der Waals surface area (Å²) >= 11 is 0. The standard InChI is InChI=1S/C14H13N3O/c15-9-11-3-1-7-16-14(11)17(12-5-6-12)10-13-4-2-8-18-13/h1-4,7-8,12H,5-6,10H2. The summed E-state index contributed by atoms with van der Waals surface area (Å²) in [5.41, 5.74) is 0.621. The van der Waals surface area contributed by atoms with Gasteiger partial charge in [-0.2, -0.15) is 5.26 Å². The zero-order valence-electron chi connectivity index (χ0n) is 9.91. The third-order valence-electron chi connectivity index (χ3n) is 3.07. The molecule has 2 heterocycles. The van der Waals surface area contributed by atoms with Crippen molar-refractivity contribution in [3.05, 3.63) is 48.0 Å². The molecule has 0 atom stereocenters. The number of pyridine rings is 1. The Kier molecular flexibility index (Phi) is 2.73. The SMILES string of the molecule is N#Cc1cccnc1N(Cc1ccco1)C1CC1. The number of hydrogen-bond acceptors (Lipinski definition) is 4. The quantitative estimate of drug-likeness (QED) is 0.823. The first-order valence-corrected chi connectivity index (χ1v) is 6.02. The van der Waals surface area contributed by atoms with E-state index in [1.807, 2.05) is 12.1 Å². The molecular formula is C14H13N3O. The highest BCUT2D eigenvalue weighted by Gasteiger charge is 2.31. The highest BCUT2D eigenvalue weighted by molar-refractivity contribution is 5.55. The summed E-state index contributed by atoms with van der Waals surface area (Å²) in [7, 11) is 0. The van der Waals surface area contributed by atoms with Crippen molar-refractivity contribution in [3.63, 3.8) is 0 Å². The summed E-state index contributed by atoms with van der Waals surface area (Å²) in [5.74, 6) is 1.66. The van der Waals surface area contributed by atoms with Crippen molar-refractivity contribution >= 4 is 5.82 Å². The molecule has 0 unspecified atom stereocenters. The van der Waals surface area contributed by atoms with E-state index in [-0.39, 0.29) is 0 Å². The van der Waals surface area contributed by atoms with Crippen LogP contribution in [0.5, 0.6) is 0 Å². The van der Waals surface area contributed by atoms with E-state index in [1.165, 1.54) is 0 Å². The fourth-order valence-electron chi connectivity index (χ4n) is 2.05. The Morgan fingerprint density at radius 2 is 2.28 bits per heavy atom. The van der Waals surface area contributed by atoms with Crippen LogP contribution in [0.3, 0.4) is 0 Å². The molecule has 3 rings (SSSR count). The number of aromatic nitrogens is 1. The van der Waals surface area contributed by atoms with Crippen molar-refractivity contribution in [1.29, 1.82) is 5.26 Å². The molecule has 0 spiro atoms. The largest absolute Gasteiger partial charge is 0.467 e. The first kappa shape index (κ1) is 10.8. The van der Waals surface area contributed by atoms with Crippen molar-refractivity contribution in [1.82, 2.24) is 4.98 Å². The van der Waals surface area contributed by atoms with Gasteiger partial charge in [0.1, 0.15) is 17.6 Å². The molecule has 1 fully saturated rings. The third kappa shape index (κ3) is 2.07. The van der Waals surface area contributed by atoms with E-state index in [1.54, 1.807) is 24.6 Å². The predicted octanol–water partition coefficient (Wildman–Crippen LogP) is 2.72. The van der Waals surface area contributed by atoms with Gasteiger partial charge in [-0.15, -0.1) is 0 Å². The van der Waals surface area contributed by atoms with E-state index < -0.39 is 0 Å². The molecule has 0 aromatic carbocycles. The summed E-state index contributed by atoms with van der Waals surface area (Å²) in [6.45, 7) is 0.670.